The predicted molar refractivity (Wildman–Crippen MR) is 97.3 cm³/mol. The molecule has 1 aliphatic rings. The molecule has 1 aromatic carbocycles. The van der Waals surface area contributed by atoms with E-state index in [0.29, 0.717) is 30.1 Å². The fourth-order valence-electron chi connectivity index (χ4n) is 3.47. The van der Waals surface area contributed by atoms with Crippen LogP contribution in [0.2, 0.25) is 0 Å². The molecule has 1 aliphatic heterocycles. The van der Waals surface area contributed by atoms with Gasteiger partial charge in [-0.25, -0.2) is 0 Å². The fourth-order valence-corrected chi connectivity index (χ4v) is 3.47. The van der Waals surface area contributed by atoms with Crippen molar-refractivity contribution < 1.29 is 14.1 Å². The van der Waals surface area contributed by atoms with Crippen molar-refractivity contribution in [2.75, 3.05) is 13.1 Å². The zero-order chi connectivity index (χ0) is 18.1. The molecule has 0 N–H and O–H groups in total. The van der Waals surface area contributed by atoms with Gasteiger partial charge in [0, 0.05) is 37.5 Å². The average molecular weight is 351 g/mol. The third-order valence-corrected chi connectivity index (χ3v) is 4.87. The summed E-state index contributed by atoms with van der Waals surface area (Å²) in [6.07, 6.45) is 3.44. The van der Waals surface area contributed by atoms with Crippen LogP contribution in [-0.4, -0.2) is 40.1 Å². The second-order valence-electron chi connectivity index (χ2n) is 6.64. The lowest BCUT2D eigenvalue weighted by Gasteiger charge is -2.32. The van der Waals surface area contributed by atoms with Gasteiger partial charge in [-0.05, 0) is 26.0 Å². The summed E-state index contributed by atoms with van der Waals surface area (Å²) in [5.41, 5.74) is 2.11. The van der Waals surface area contributed by atoms with Crippen LogP contribution >= 0.6 is 0 Å². The Labute approximate surface area is 151 Å². The van der Waals surface area contributed by atoms with Crippen LogP contribution in [-0.2, 0) is 0 Å². The van der Waals surface area contributed by atoms with Crippen molar-refractivity contribution in [1.29, 1.82) is 0 Å². The van der Waals surface area contributed by atoms with E-state index in [1.54, 1.807) is 20.0 Å². The number of piperidine rings is 1. The minimum absolute atomic E-state index is 0.00784. The number of rotatable bonds is 3. The highest BCUT2D eigenvalue weighted by Crippen LogP contribution is 2.27. The topological polar surface area (TPSA) is 68.5 Å². The average Bonchev–Trinajstić information content (AvgIpc) is 3.00. The first-order valence-corrected chi connectivity index (χ1v) is 8.86. The van der Waals surface area contributed by atoms with Crippen LogP contribution in [0.25, 0.3) is 10.9 Å². The molecule has 0 atom stereocenters. The Kier molecular flexibility index (Phi) is 4.32. The summed E-state index contributed by atoms with van der Waals surface area (Å²) in [7, 11) is 0. The third kappa shape index (κ3) is 3.03. The van der Waals surface area contributed by atoms with Crippen molar-refractivity contribution in [2.24, 2.45) is 0 Å². The van der Waals surface area contributed by atoms with Crippen LogP contribution in [0.4, 0.5) is 0 Å². The minimum Gasteiger partial charge on any atom is -0.488 e. The highest BCUT2D eigenvalue weighted by atomic mass is 16.5. The zero-order valence-electron chi connectivity index (χ0n) is 14.9. The number of para-hydroxylation sites is 1. The Morgan fingerprint density at radius 2 is 1.96 bits per heavy atom. The molecule has 0 aliphatic carbocycles. The highest BCUT2D eigenvalue weighted by Gasteiger charge is 2.28. The molecule has 3 heterocycles. The van der Waals surface area contributed by atoms with E-state index in [1.807, 2.05) is 35.2 Å². The van der Waals surface area contributed by atoms with Gasteiger partial charge in [0.15, 0.2) is 0 Å². The summed E-state index contributed by atoms with van der Waals surface area (Å²) >= 11 is 0. The number of hydrogen-bond acceptors (Lipinski definition) is 5. The number of fused-ring (bicyclic) bond motifs is 1. The van der Waals surface area contributed by atoms with Crippen molar-refractivity contribution in [2.45, 2.75) is 32.8 Å². The van der Waals surface area contributed by atoms with E-state index in [-0.39, 0.29) is 12.0 Å². The molecule has 2 aromatic heterocycles. The maximum absolute atomic E-state index is 12.7. The highest BCUT2D eigenvalue weighted by molar-refractivity contribution is 5.96. The van der Waals surface area contributed by atoms with Gasteiger partial charge in [-0.3, -0.25) is 9.78 Å². The van der Waals surface area contributed by atoms with E-state index >= 15 is 0 Å². The molecule has 1 amide bonds. The first kappa shape index (κ1) is 16.6. The Hall–Kier alpha value is -2.89. The van der Waals surface area contributed by atoms with Gasteiger partial charge in [-0.15, -0.1) is 0 Å². The number of pyridine rings is 1. The van der Waals surface area contributed by atoms with Gasteiger partial charge in [0.1, 0.15) is 28.7 Å². The lowest BCUT2D eigenvalue weighted by Crippen LogP contribution is -2.42. The van der Waals surface area contributed by atoms with E-state index in [4.69, 9.17) is 9.26 Å². The quantitative estimate of drug-likeness (QED) is 0.722. The maximum atomic E-state index is 12.7. The number of hydrogen-bond donors (Lipinski definition) is 0. The summed E-state index contributed by atoms with van der Waals surface area (Å²) in [4.78, 5) is 19.0. The molecule has 1 fully saturated rings. The number of carbonyl (C=O) groups excluding carboxylic acids is 1. The zero-order valence-corrected chi connectivity index (χ0v) is 14.9. The lowest BCUT2D eigenvalue weighted by molar-refractivity contribution is 0.0595. The van der Waals surface area contributed by atoms with Crippen molar-refractivity contribution in [1.82, 2.24) is 15.0 Å². The summed E-state index contributed by atoms with van der Waals surface area (Å²) in [6.45, 7) is 4.89. The number of nitrogens with zero attached hydrogens (tertiary/aromatic N) is 3. The fraction of sp³-hybridized carbons (Fsp3) is 0.350. The molecule has 0 spiro atoms. The van der Waals surface area contributed by atoms with Gasteiger partial charge in [0.05, 0.1) is 5.69 Å². The molecular weight excluding hydrogens is 330 g/mol. The third-order valence-electron chi connectivity index (χ3n) is 4.87. The number of aryl methyl sites for hydroxylation is 2. The largest absolute Gasteiger partial charge is 0.488 e. The second-order valence-corrected chi connectivity index (χ2v) is 6.64. The standard InChI is InChI=1S/C20H21N3O3/c1-13-18(14(2)26-22-13)20(24)23-11-8-16(9-12-23)25-17-7-3-5-15-6-4-10-21-19(15)17/h3-7,10,16H,8-9,11-12H2,1-2H3. The van der Waals surface area contributed by atoms with Crippen LogP contribution in [0.1, 0.15) is 34.7 Å². The lowest BCUT2D eigenvalue weighted by atomic mass is 10.1. The van der Waals surface area contributed by atoms with Crippen LogP contribution in [0, 0.1) is 13.8 Å². The summed E-state index contributed by atoms with van der Waals surface area (Å²) < 4.78 is 11.3. The molecule has 0 bridgehead atoms. The van der Waals surface area contributed by atoms with Gasteiger partial charge < -0.3 is 14.2 Å². The number of benzene rings is 1. The normalized spacial score (nSPS) is 15.4. The Morgan fingerprint density at radius 1 is 1.19 bits per heavy atom. The number of ether oxygens (including phenoxy) is 1. The minimum atomic E-state index is -0.00784. The van der Waals surface area contributed by atoms with Crippen molar-refractivity contribution in [3.05, 3.63) is 53.5 Å². The first-order valence-electron chi connectivity index (χ1n) is 8.86. The second kappa shape index (κ2) is 6.78. The molecule has 134 valence electrons. The number of likely N-dealkylation sites (tertiary alicyclic amines) is 1. The van der Waals surface area contributed by atoms with E-state index in [2.05, 4.69) is 10.1 Å². The number of amides is 1. The van der Waals surface area contributed by atoms with Crippen LogP contribution in [0.3, 0.4) is 0 Å². The van der Waals surface area contributed by atoms with E-state index in [1.165, 1.54) is 0 Å². The van der Waals surface area contributed by atoms with Crippen molar-refractivity contribution in [3.8, 4) is 5.75 Å². The summed E-state index contributed by atoms with van der Waals surface area (Å²) in [5.74, 6) is 1.37. The van der Waals surface area contributed by atoms with E-state index < -0.39 is 0 Å². The molecular formula is C20H21N3O3. The Morgan fingerprint density at radius 3 is 2.69 bits per heavy atom. The first-order chi connectivity index (χ1) is 12.6. The SMILES string of the molecule is Cc1noc(C)c1C(=O)N1CCC(Oc2cccc3cccnc23)CC1. The predicted octanol–water partition coefficient (Wildman–Crippen LogP) is 3.52. The molecule has 0 saturated carbocycles. The summed E-state index contributed by atoms with van der Waals surface area (Å²) in [6, 6.07) is 9.91. The molecule has 26 heavy (non-hydrogen) atoms. The van der Waals surface area contributed by atoms with Crippen molar-refractivity contribution >= 4 is 16.8 Å². The number of aromatic nitrogens is 2. The van der Waals surface area contributed by atoms with Crippen LogP contribution < -0.4 is 4.74 Å². The van der Waals surface area contributed by atoms with Gasteiger partial charge in [0.2, 0.25) is 0 Å². The summed E-state index contributed by atoms with van der Waals surface area (Å²) in [5, 5.41) is 4.94. The van der Waals surface area contributed by atoms with Gasteiger partial charge in [-0.1, -0.05) is 23.4 Å². The molecule has 6 nitrogen and oxygen atoms in total. The van der Waals surface area contributed by atoms with Crippen LogP contribution in [0.5, 0.6) is 5.75 Å². The molecule has 0 unspecified atom stereocenters. The molecule has 1 saturated heterocycles. The maximum Gasteiger partial charge on any atom is 0.259 e. The van der Waals surface area contributed by atoms with E-state index in [9.17, 15) is 4.79 Å². The Balaban J connectivity index is 1.43. The van der Waals surface area contributed by atoms with Gasteiger partial charge in [-0.2, -0.15) is 0 Å². The smallest absolute Gasteiger partial charge is 0.259 e. The Bertz CT molecular complexity index is 918. The molecule has 0 radical (unpaired) electrons. The monoisotopic (exact) mass is 351 g/mol. The van der Waals surface area contributed by atoms with Gasteiger partial charge >= 0.3 is 0 Å². The van der Waals surface area contributed by atoms with Crippen LogP contribution in [0.15, 0.2) is 41.1 Å². The van der Waals surface area contributed by atoms with E-state index in [0.717, 1.165) is 29.5 Å². The van der Waals surface area contributed by atoms with Gasteiger partial charge in [0.25, 0.3) is 5.91 Å². The molecule has 4 rings (SSSR count). The van der Waals surface area contributed by atoms with Crippen molar-refractivity contribution in [3.63, 3.8) is 0 Å². The number of carbonyl (C=O) groups is 1. The molecule has 3 aromatic rings. The molecule has 6 heteroatoms.